The van der Waals surface area contributed by atoms with Gasteiger partial charge in [0.1, 0.15) is 23.2 Å². The third-order valence-corrected chi connectivity index (χ3v) is 5.87. The second-order valence-corrected chi connectivity index (χ2v) is 8.37. The van der Waals surface area contributed by atoms with E-state index >= 15 is 0 Å². The van der Waals surface area contributed by atoms with Crippen molar-refractivity contribution in [3.63, 3.8) is 0 Å². The third kappa shape index (κ3) is 4.07. The molecule has 2 heterocycles. The smallest absolute Gasteiger partial charge is 0.266 e. The quantitative estimate of drug-likeness (QED) is 0.477. The van der Waals surface area contributed by atoms with Crippen molar-refractivity contribution in [2.75, 3.05) is 4.90 Å². The highest BCUT2D eigenvalue weighted by molar-refractivity contribution is 7.84. The van der Waals surface area contributed by atoms with Gasteiger partial charge in [-0.1, -0.05) is 37.6 Å². The molecule has 31 heavy (non-hydrogen) atoms. The number of nitriles is 1. The van der Waals surface area contributed by atoms with E-state index in [1.807, 2.05) is 54.6 Å². The highest BCUT2D eigenvalue weighted by atomic mass is 35.5. The zero-order chi connectivity index (χ0) is 22.1. The van der Waals surface area contributed by atoms with Crippen molar-refractivity contribution in [1.82, 2.24) is 5.32 Å². The zero-order valence-corrected chi connectivity index (χ0v) is 18.6. The molecule has 156 valence electrons. The normalized spacial score (nSPS) is 16.5. The summed E-state index contributed by atoms with van der Waals surface area (Å²) in [6.07, 6.45) is -0.650. The van der Waals surface area contributed by atoms with E-state index in [4.69, 9.17) is 16.0 Å². The van der Waals surface area contributed by atoms with Crippen molar-refractivity contribution in [2.24, 2.45) is 0 Å². The lowest BCUT2D eigenvalue weighted by Gasteiger charge is -2.36. The molecule has 1 N–H and O–H groups in total. The minimum Gasteiger partial charge on any atom is -0.457 e. The number of rotatable bonds is 4. The van der Waals surface area contributed by atoms with E-state index in [0.717, 1.165) is 11.3 Å². The standard InChI is InChI=1S/C24H20ClN3O2S/c1-14(2)15-5-9-18(10-6-15)28-22(27-23(29)19(13-26)24(28)31)21-12-11-20(30-21)16-3-7-17(25)8-4-16/h3-12,14,22,31H,1-2H3,(H,27,29)/t22-/m0/s1. The lowest BCUT2D eigenvalue weighted by molar-refractivity contribution is -0.118. The van der Waals surface area contributed by atoms with Crippen molar-refractivity contribution in [3.8, 4) is 17.4 Å². The summed E-state index contributed by atoms with van der Waals surface area (Å²) in [6, 6.07) is 20.9. The molecule has 7 heteroatoms. The molecule has 1 atom stereocenters. The van der Waals surface area contributed by atoms with Gasteiger partial charge in [-0.2, -0.15) is 5.26 Å². The fourth-order valence-electron chi connectivity index (χ4n) is 3.46. The number of nitrogens with zero attached hydrogens (tertiary/aromatic N) is 2. The maximum absolute atomic E-state index is 12.5. The molecule has 0 saturated carbocycles. The number of carbonyl (C=O) groups is 1. The lowest BCUT2D eigenvalue weighted by Crippen LogP contribution is -2.45. The Hall–Kier alpha value is -3.14. The van der Waals surface area contributed by atoms with Gasteiger partial charge in [0.15, 0.2) is 6.17 Å². The van der Waals surface area contributed by atoms with Gasteiger partial charge in [-0.15, -0.1) is 12.6 Å². The van der Waals surface area contributed by atoms with E-state index in [1.165, 1.54) is 5.56 Å². The Labute approximate surface area is 191 Å². The van der Waals surface area contributed by atoms with E-state index in [2.05, 4.69) is 31.8 Å². The van der Waals surface area contributed by atoms with Crippen LogP contribution in [0.5, 0.6) is 0 Å². The maximum atomic E-state index is 12.5. The first kappa shape index (κ1) is 21.1. The molecule has 1 amide bonds. The predicted octanol–water partition coefficient (Wildman–Crippen LogP) is 6.02. The van der Waals surface area contributed by atoms with Crippen LogP contribution < -0.4 is 10.2 Å². The van der Waals surface area contributed by atoms with Crippen LogP contribution in [0.25, 0.3) is 11.3 Å². The number of thiol groups is 1. The molecule has 0 bridgehead atoms. The van der Waals surface area contributed by atoms with E-state index < -0.39 is 12.1 Å². The Kier molecular flexibility index (Phi) is 5.81. The van der Waals surface area contributed by atoms with Gasteiger partial charge in [0, 0.05) is 16.3 Å². The molecule has 0 spiro atoms. The first-order valence-corrected chi connectivity index (χ1v) is 10.6. The van der Waals surface area contributed by atoms with Gasteiger partial charge >= 0.3 is 0 Å². The van der Waals surface area contributed by atoms with Crippen LogP contribution >= 0.6 is 24.2 Å². The Balaban J connectivity index is 1.76. The molecular weight excluding hydrogens is 430 g/mol. The predicted molar refractivity (Wildman–Crippen MR) is 125 cm³/mol. The zero-order valence-electron chi connectivity index (χ0n) is 17.0. The minimum atomic E-state index is -0.650. The van der Waals surface area contributed by atoms with Crippen LogP contribution in [0.2, 0.25) is 5.02 Å². The molecule has 5 nitrogen and oxygen atoms in total. The van der Waals surface area contributed by atoms with Crippen LogP contribution in [0.3, 0.4) is 0 Å². The molecule has 4 rings (SSSR count). The van der Waals surface area contributed by atoms with Crippen molar-refractivity contribution >= 4 is 35.8 Å². The topological polar surface area (TPSA) is 69.3 Å². The molecule has 0 unspecified atom stereocenters. The number of carbonyl (C=O) groups excluding carboxylic acids is 1. The summed E-state index contributed by atoms with van der Waals surface area (Å²) in [4.78, 5) is 14.3. The van der Waals surface area contributed by atoms with Gasteiger partial charge in [-0.05, 0) is 60.0 Å². The highest BCUT2D eigenvalue weighted by Gasteiger charge is 2.35. The summed E-state index contributed by atoms with van der Waals surface area (Å²) < 4.78 is 6.09. The summed E-state index contributed by atoms with van der Waals surface area (Å²) in [5.74, 6) is 1.07. The highest BCUT2D eigenvalue weighted by Crippen LogP contribution is 2.38. The Morgan fingerprint density at radius 2 is 1.77 bits per heavy atom. The number of amides is 1. The minimum absolute atomic E-state index is 0.0444. The number of hydrogen-bond acceptors (Lipinski definition) is 5. The number of nitrogens with one attached hydrogen (secondary N) is 1. The molecule has 3 aromatic rings. The van der Waals surface area contributed by atoms with Gasteiger partial charge in [0.25, 0.3) is 5.91 Å². The van der Waals surface area contributed by atoms with E-state index in [1.54, 1.807) is 17.0 Å². The van der Waals surface area contributed by atoms with Gasteiger partial charge in [0.2, 0.25) is 0 Å². The Morgan fingerprint density at radius 1 is 1.10 bits per heavy atom. The summed E-state index contributed by atoms with van der Waals surface area (Å²) >= 11 is 10.5. The molecular formula is C24H20ClN3O2S. The molecule has 0 fully saturated rings. The maximum Gasteiger partial charge on any atom is 0.266 e. The molecule has 0 saturated heterocycles. The van der Waals surface area contributed by atoms with E-state index in [0.29, 0.717) is 22.5 Å². The molecule has 1 aliphatic rings. The van der Waals surface area contributed by atoms with E-state index in [9.17, 15) is 10.1 Å². The molecule has 2 aromatic carbocycles. The fraction of sp³-hybridized carbons (Fsp3) is 0.167. The van der Waals surface area contributed by atoms with Crippen LogP contribution in [0, 0.1) is 11.3 Å². The fourth-order valence-corrected chi connectivity index (χ4v) is 3.97. The summed E-state index contributed by atoms with van der Waals surface area (Å²) in [5.41, 5.74) is 2.80. The molecule has 0 aliphatic carbocycles. The van der Waals surface area contributed by atoms with Crippen molar-refractivity contribution < 1.29 is 9.21 Å². The number of furan rings is 1. The lowest BCUT2D eigenvalue weighted by atomic mass is 10.0. The van der Waals surface area contributed by atoms with Gasteiger partial charge in [-0.25, -0.2) is 0 Å². The average molecular weight is 450 g/mol. The van der Waals surface area contributed by atoms with Crippen LogP contribution in [-0.2, 0) is 4.79 Å². The monoisotopic (exact) mass is 449 g/mol. The van der Waals surface area contributed by atoms with Crippen LogP contribution in [0.1, 0.15) is 37.3 Å². The second kappa shape index (κ2) is 8.54. The summed E-state index contributed by atoms with van der Waals surface area (Å²) in [5, 5.41) is 13.2. The van der Waals surface area contributed by atoms with Crippen molar-refractivity contribution in [1.29, 1.82) is 5.26 Å². The Morgan fingerprint density at radius 3 is 2.39 bits per heavy atom. The first-order valence-electron chi connectivity index (χ1n) is 9.78. The van der Waals surface area contributed by atoms with Crippen LogP contribution in [-0.4, -0.2) is 5.91 Å². The first-order chi connectivity index (χ1) is 14.9. The summed E-state index contributed by atoms with van der Waals surface area (Å²) in [6.45, 7) is 4.25. The number of halogens is 1. The van der Waals surface area contributed by atoms with Crippen molar-refractivity contribution in [3.05, 3.63) is 87.6 Å². The molecule has 1 aromatic heterocycles. The van der Waals surface area contributed by atoms with Gasteiger partial charge in [0.05, 0.1) is 5.03 Å². The number of hydrogen-bond donors (Lipinski definition) is 2. The van der Waals surface area contributed by atoms with Crippen LogP contribution in [0.4, 0.5) is 5.69 Å². The second-order valence-electron chi connectivity index (χ2n) is 7.51. The molecule has 0 radical (unpaired) electrons. The largest absolute Gasteiger partial charge is 0.457 e. The molecule has 1 aliphatic heterocycles. The van der Waals surface area contributed by atoms with Crippen LogP contribution in [0.15, 0.2) is 75.7 Å². The Bertz CT molecular complexity index is 1190. The summed E-state index contributed by atoms with van der Waals surface area (Å²) in [7, 11) is 0. The number of benzene rings is 2. The SMILES string of the molecule is CC(C)c1ccc(N2C(S)=C(C#N)C(=O)N[C@@H]2c2ccc(-c3ccc(Cl)cc3)o2)cc1. The van der Waals surface area contributed by atoms with Crippen molar-refractivity contribution in [2.45, 2.75) is 25.9 Å². The van der Waals surface area contributed by atoms with Gasteiger partial charge < -0.3 is 14.6 Å². The van der Waals surface area contributed by atoms with E-state index in [-0.39, 0.29) is 10.6 Å². The number of anilines is 1. The average Bonchev–Trinajstić information content (AvgIpc) is 3.24. The van der Waals surface area contributed by atoms with Gasteiger partial charge in [-0.3, -0.25) is 4.79 Å². The third-order valence-electron chi connectivity index (χ3n) is 5.18.